The first kappa shape index (κ1) is 14.8. The van der Waals surface area contributed by atoms with Gasteiger partial charge in [-0.2, -0.15) is 0 Å². The highest BCUT2D eigenvalue weighted by Gasteiger charge is 2.19. The minimum atomic E-state index is -0.691. The van der Waals surface area contributed by atoms with E-state index in [1.165, 1.54) is 12.0 Å². The molecular weight excluding hydrogens is 258 g/mol. The molecule has 0 heterocycles. The van der Waals surface area contributed by atoms with E-state index >= 15 is 0 Å². The third-order valence-electron chi connectivity index (χ3n) is 2.72. The van der Waals surface area contributed by atoms with Crippen LogP contribution in [0.5, 0.6) is 0 Å². The van der Waals surface area contributed by atoms with Gasteiger partial charge in [0.05, 0.1) is 6.61 Å². The van der Waals surface area contributed by atoms with Gasteiger partial charge < -0.3 is 15.4 Å². The van der Waals surface area contributed by atoms with E-state index in [2.05, 4.69) is 0 Å². The Kier molecular flexibility index (Phi) is 4.98. The summed E-state index contributed by atoms with van der Waals surface area (Å²) in [5.74, 6) is -1.38. The zero-order valence-corrected chi connectivity index (χ0v) is 11.4. The van der Waals surface area contributed by atoms with Crippen molar-refractivity contribution in [2.45, 2.75) is 13.0 Å². The number of likely N-dealkylation sites (N-methyl/N-ethyl adjacent to an activating group) is 1. The minimum absolute atomic E-state index is 0.0352. The molecule has 0 saturated carbocycles. The van der Waals surface area contributed by atoms with Gasteiger partial charge in [0, 0.05) is 25.8 Å². The Morgan fingerprint density at radius 2 is 1.94 bits per heavy atom. The third kappa shape index (κ3) is 3.14. The van der Waals surface area contributed by atoms with Crippen molar-refractivity contribution in [2.75, 3.05) is 25.7 Å². The molecule has 1 rings (SSSR count). The Hall–Kier alpha value is -1.27. The van der Waals surface area contributed by atoms with Crippen LogP contribution in [0.4, 0.5) is 14.5 Å². The van der Waals surface area contributed by atoms with Crippen molar-refractivity contribution in [3.63, 3.8) is 0 Å². The van der Waals surface area contributed by atoms with Crippen LogP contribution < -0.4 is 10.6 Å². The van der Waals surface area contributed by atoms with Gasteiger partial charge in [-0.1, -0.05) is 12.2 Å². The summed E-state index contributed by atoms with van der Waals surface area (Å²) in [4.78, 5) is 1.45. The van der Waals surface area contributed by atoms with Crippen LogP contribution in [0.1, 0.15) is 12.5 Å². The van der Waals surface area contributed by atoms with Crippen molar-refractivity contribution < 1.29 is 13.5 Å². The summed E-state index contributed by atoms with van der Waals surface area (Å²) in [6.45, 7) is 2.18. The highest BCUT2D eigenvalue weighted by molar-refractivity contribution is 7.80. The molecule has 0 aliphatic carbocycles. The number of hydrogen-bond donors (Lipinski definition) is 1. The number of anilines is 1. The molecule has 1 unspecified atom stereocenters. The molecule has 3 nitrogen and oxygen atoms in total. The first-order chi connectivity index (χ1) is 8.38. The van der Waals surface area contributed by atoms with E-state index in [-0.39, 0.29) is 22.3 Å². The summed E-state index contributed by atoms with van der Waals surface area (Å²) < 4.78 is 32.7. The lowest BCUT2D eigenvalue weighted by molar-refractivity contribution is 0.183. The summed E-state index contributed by atoms with van der Waals surface area (Å²) in [6.07, 6.45) is 0. The lowest BCUT2D eigenvalue weighted by Crippen LogP contribution is -2.34. The number of benzene rings is 1. The van der Waals surface area contributed by atoms with Crippen LogP contribution >= 0.6 is 12.2 Å². The van der Waals surface area contributed by atoms with Crippen molar-refractivity contribution in [1.29, 1.82) is 0 Å². The number of methoxy groups -OCH3 is 1. The maximum Gasteiger partial charge on any atom is 0.150 e. The van der Waals surface area contributed by atoms with E-state index in [9.17, 15) is 8.78 Å². The molecule has 0 aliphatic heterocycles. The fraction of sp³-hybridized carbons (Fsp3) is 0.417. The van der Waals surface area contributed by atoms with E-state index in [1.807, 2.05) is 6.92 Å². The molecule has 0 saturated heterocycles. The topological polar surface area (TPSA) is 38.5 Å². The Labute approximate surface area is 111 Å². The van der Waals surface area contributed by atoms with Gasteiger partial charge in [-0.3, -0.25) is 0 Å². The molecule has 1 aromatic carbocycles. The van der Waals surface area contributed by atoms with E-state index in [4.69, 9.17) is 22.7 Å². The summed E-state index contributed by atoms with van der Waals surface area (Å²) in [6, 6.07) is 2.11. The molecule has 0 bridgehead atoms. The lowest BCUT2D eigenvalue weighted by atomic mass is 10.1. The van der Waals surface area contributed by atoms with Gasteiger partial charge in [0.25, 0.3) is 0 Å². The van der Waals surface area contributed by atoms with Gasteiger partial charge in [-0.25, -0.2) is 8.78 Å². The van der Waals surface area contributed by atoms with Crippen LogP contribution in [0.2, 0.25) is 0 Å². The van der Waals surface area contributed by atoms with Crippen LogP contribution in [0.25, 0.3) is 0 Å². The SMILES string of the molecule is COCC(C)N(C)c1c(F)cc(C(N)=S)cc1F. The Bertz CT molecular complexity index is 431. The van der Waals surface area contributed by atoms with E-state index in [0.29, 0.717) is 6.61 Å². The lowest BCUT2D eigenvalue weighted by Gasteiger charge is -2.27. The molecule has 0 amide bonds. The number of halogens is 2. The summed E-state index contributed by atoms with van der Waals surface area (Å²) >= 11 is 4.69. The maximum absolute atomic E-state index is 13.9. The Morgan fingerprint density at radius 1 is 1.44 bits per heavy atom. The fourth-order valence-corrected chi connectivity index (χ4v) is 1.74. The van der Waals surface area contributed by atoms with Crippen LogP contribution in [0.3, 0.4) is 0 Å². The quantitative estimate of drug-likeness (QED) is 0.834. The van der Waals surface area contributed by atoms with Crippen LogP contribution in [-0.4, -0.2) is 31.8 Å². The van der Waals surface area contributed by atoms with E-state index in [0.717, 1.165) is 12.1 Å². The molecule has 0 aromatic heterocycles. The summed E-state index contributed by atoms with van der Waals surface area (Å²) in [7, 11) is 3.14. The van der Waals surface area contributed by atoms with Crippen LogP contribution in [-0.2, 0) is 4.74 Å². The molecule has 0 aliphatic rings. The standard InChI is InChI=1S/C12H16F2N2OS/c1-7(6-17-3)16(2)11-9(13)4-8(12(15)18)5-10(11)14/h4-5,7H,6H2,1-3H3,(H2,15,18). The van der Waals surface area contributed by atoms with Gasteiger partial charge in [-0.15, -0.1) is 0 Å². The Balaban J connectivity index is 3.13. The molecule has 1 aromatic rings. The van der Waals surface area contributed by atoms with Gasteiger partial charge >= 0.3 is 0 Å². The molecule has 0 radical (unpaired) electrons. The van der Waals surface area contributed by atoms with Gasteiger partial charge in [0.1, 0.15) is 22.3 Å². The predicted octanol–water partition coefficient (Wildman–Crippen LogP) is 2.07. The molecule has 18 heavy (non-hydrogen) atoms. The fourth-order valence-electron chi connectivity index (χ4n) is 1.62. The van der Waals surface area contributed by atoms with Crippen LogP contribution in [0.15, 0.2) is 12.1 Å². The van der Waals surface area contributed by atoms with Gasteiger partial charge in [0.15, 0.2) is 0 Å². The molecule has 0 fully saturated rings. The molecule has 6 heteroatoms. The molecular formula is C12H16F2N2OS. The first-order valence-corrected chi connectivity index (χ1v) is 5.80. The highest BCUT2D eigenvalue weighted by atomic mass is 32.1. The molecule has 0 spiro atoms. The number of ether oxygens (including phenoxy) is 1. The largest absolute Gasteiger partial charge is 0.389 e. The normalized spacial score (nSPS) is 12.3. The van der Waals surface area contributed by atoms with E-state index in [1.54, 1.807) is 7.05 Å². The zero-order chi connectivity index (χ0) is 13.9. The van der Waals surface area contributed by atoms with E-state index < -0.39 is 11.6 Å². The average Bonchev–Trinajstić information content (AvgIpc) is 2.27. The van der Waals surface area contributed by atoms with Crippen molar-refractivity contribution in [2.24, 2.45) is 5.73 Å². The van der Waals surface area contributed by atoms with Gasteiger partial charge in [-0.05, 0) is 19.1 Å². The summed E-state index contributed by atoms with van der Waals surface area (Å²) in [5.41, 5.74) is 5.42. The second-order valence-electron chi connectivity index (χ2n) is 4.07. The minimum Gasteiger partial charge on any atom is -0.389 e. The maximum atomic E-state index is 13.9. The summed E-state index contributed by atoms with van der Waals surface area (Å²) in [5, 5.41) is 0. The first-order valence-electron chi connectivity index (χ1n) is 5.39. The average molecular weight is 274 g/mol. The highest BCUT2D eigenvalue weighted by Crippen LogP contribution is 2.25. The van der Waals surface area contributed by atoms with Crippen LogP contribution in [0, 0.1) is 11.6 Å². The van der Waals surface area contributed by atoms with Crippen molar-refractivity contribution in [3.8, 4) is 0 Å². The number of hydrogen-bond acceptors (Lipinski definition) is 3. The smallest absolute Gasteiger partial charge is 0.150 e. The number of thiocarbonyl (C=S) groups is 1. The predicted molar refractivity (Wildman–Crippen MR) is 72.0 cm³/mol. The second kappa shape index (κ2) is 6.06. The Morgan fingerprint density at radius 3 is 2.33 bits per heavy atom. The van der Waals surface area contributed by atoms with Gasteiger partial charge in [0.2, 0.25) is 0 Å². The number of rotatable bonds is 5. The monoisotopic (exact) mass is 274 g/mol. The molecule has 2 N–H and O–H groups in total. The van der Waals surface area contributed by atoms with Crippen molar-refractivity contribution in [1.82, 2.24) is 0 Å². The third-order valence-corrected chi connectivity index (χ3v) is 2.96. The number of nitrogens with two attached hydrogens (primary N) is 1. The number of nitrogens with zero attached hydrogens (tertiary/aromatic N) is 1. The zero-order valence-electron chi connectivity index (χ0n) is 10.5. The molecule has 1 atom stereocenters. The molecule has 100 valence electrons. The second-order valence-corrected chi connectivity index (χ2v) is 4.51. The van der Waals surface area contributed by atoms with Crippen molar-refractivity contribution >= 4 is 22.9 Å². The van der Waals surface area contributed by atoms with Crippen molar-refractivity contribution in [3.05, 3.63) is 29.3 Å².